The number of ether oxygens (including phenoxy) is 2. The molecule has 1 unspecified atom stereocenters. The van der Waals surface area contributed by atoms with Crippen LogP contribution in [-0.4, -0.2) is 36.5 Å². The van der Waals surface area contributed by atoms with Crippen LogP contribution in [0.3, 0.4) is 0 Å². The SMILES string of the molecule is COC1=C(OC)C(=O)C(CCC(C)(O)CCC=C(C)CCC=C(C)CCC=C(C)CCC=C(C)CCC=C(C)CCC=C(C)C)=C(C)C1=O. The molecule has 0 heterocycles. The minimum Gasteiger partial charge on any atom is -0.489 e. The van der Waals surface area contributed by atoms with Crippen LogP contribution in [0.15, 0.2) is 92.6 Å². The van der Waals surface area contributed by atoms with Crippen LogP contribution in [0.5, 0.6) is 0 Å². The van der Waals surface area contributed by atoms with Gasteiger partial charge < -0.3 is 14.6 Å². The molecule has 0 saturated heterocycles. The zero-order chi connectivity index (χ0) is 37.0. The standard InChI is InChI=1S/C44H68O5/c1-32(2)18-12-19-33(3)20-13-21-34(4)22-14-23-35(5)24-15-25-36(6)26-16-27-37(7)28-17-30-44(9,47)31-29-39-38(8)40(45)42(48-10)43(49-11)41(39)46/h18,20,22,24,26,28,47H,12-17,19,21,23,25,27,29-31H2,1-11H3. The Labute approximate surface area is 299 Å². The molecule has 0 amide bonds. The molecule has 0 aromatic heterocycles. The molecule has 1 rings (SSSR count). The smallest absolute Gasteiger partial charge is 0.228 e. The van der Waals surface area contributed by atoms with Crippen molar-refractivity contribution in [2.45, 2.75) is 158 Å². The fraction of sp³-hybridized carbons (Fsp3) is 0.591. The van der Waals surface area contributed by atoms with Crippen LogP contribution >= 0.6 is 0 Å². The van der Waals surface area contributed by atoms with E-state index in [1.807, 2.05) is 0 Å². The summed E-state index contributed by atoms with van der Waals surface area (Å²) in [7, 11) is 2.71. The normalized spacial score (nSPS) is 16.8. The molecule has 0 bridgehead atoms. The number of carbonyl (C=O) groups is 2. The van der Waals surface area contributed by atoms with E-state index in [2.05, 4.69) is 84.9 Å². The molecule has 0 saturated carbocycles. The van der Waals surface area contributed by atoms with Gasteiger partial charge >= 0.3 is 0 Å². The molecule has 1 aliphatic carbocycles. The van der Waals surface area contributed by atoms with E-state index in [0.29, 0.717) is 30.4 Å². The van der Waals surface area contributed by atoms with Gasteiger partial charge in [-0.05, 0) is 152 Å². The zero-order valence-electron chi connectivity index (χ0n) is 32.9. The molecule has 49 heavy (non-hydrogen) atoms. The summed E-state index contributed by atoms with van der Waals surface area (Å²) >= 11 is 0. The molecule has 0 spiro atoms. The molecule has 0 aromatic rings. The second-order valence-electron chi connectivity index (χ2n) is 14.6. The summed E-state index contributed by atoms with van der Waals surface area (Å²) in [4.78, 5) is 25.5. The van der Waals surface area contributed by atoms with Crippen LogP contribution in [0, 0.1) is 0 Å². The fourth-order valence-corrected chi connectivity index (χ4v) is 5.93. The Hall–Kier alpha value is -3.18. The van der Waals surface area contributed by atoms with Gasteiger partial charge in [0, 0.05) is 11.1 Å². The topological polar surface area (TPSA) is 72.8 Å². The van der Waals surface area contributed by atoms with E-state index in [0.717, 1.165) is 64.2 Å². The van der Waals surface area contributed by atoms with Crippen molar-refractivity contribution in [2.75, 3.05) is 14.2 Å². The van der Waals surface area contributed by atoms with Gasteiger partial charge in [-0.1, -0.05) is 69.9 Å². The molecule has 0 aromatic carbocycles. The van der Waals surface area contributed by atoms with E-state index < -0.39 is 5.60 Å². The molecule has 0 aliphatic heterocycles. The van der Waals surface area contributed by atoms with Gasteiger partial charge in [0.15, 0.2) is 0 Å². The number of ketones is 2. The van der Waals surface area contributed by atoms with Crippen LogP contribution in [0.2, 0.25) is 0 Å². The molecular weight excluding hydrogens is 608 g/mol. The molecule has 0 fully saturated rings. The van der Waals surface area contributed by atoms with E-state index >= 15 is 0 Å². The van der Waals surface area contributed by atoms with Gasteiger partial charge in [0.1, 0.15) is 0 Å². The molecule has 0 radical (unpaired) electrons. The van der Waals surface area contributed by atoms with Crippen molar-refractivity contribution in [3.63, 3.8) is 0 Å². The monoisotopic (exact) mass is 677 g/mol. The van der Waals surface area contributed by atoms with Crippen molar-refractivity contribution in [1.29, 1.82) is 0 Å². The van der Waals surface area contributed by atoms with Crippen molar-refractivity contribution in [1.82, 2.24) is 0 Å². The highest BCUT2D eigenvalue weighted by Crippen LogP contribution is 2.31. The third kappa shape index (κ3) is 17.9. The van der Waals surface area contributed by atoms with Crippen LogP contribution < -0.4 is 0 Å². The summed E-state index contributed by atoms with van der Waals surface area (Å²) in [5.41, 5.74) is 8.42. The first-order chi connectivity index (χ1) is 23.1. The van der Waals surface area contributed by atoms with Gasteiger partial charge in [-0.3, -0.25) is 9.59 Å². The molecule has 1 aliphatic rings. The molecule has 5 nitrogen and oxygen atoms in total. The number of Topliss-reactive ketones (excluding diaryl/α,β-unsaturated/α-hetero) is 2. The Morgan fingerprint density at radius 1 is 0.571 bits per heavy atom. The average Bonchev–Trinajstić information content (AvgIpc) is 3.02. The molecule has 1 N–H and O–H groups in total. The van der Waals surface area contributed by atoms with Crippen LogP contribution in [-0.2, 0) is 19.1 Å². The summed E-state index contributed by atoms with van der Waals surface area (Å²) in [6.07, 6.45) is 27.2. The Balaban J connectivity index is 2.38. The predicted molar refractivity (Wildman–Crippen MR) is 207 cm³/mol. The number of allylic oxidation sites excluding steroid dienone is 14. The minimum atomic E-state index is -0.953. The van der Waals surface area contributed by atoms with Gasteiger partial charge in [-0.15, -0.1) is 0 Å². The molecule has 5 heteroatoms. The van der Waals surface area contributed by atoms with Crippen molar-refractivity contribution < 1.29 is 24.2 Å². The van der Waals surface area contributed by atoms with E-state index in [1.54, 1.807) is 13.8 Å². The van der Waals surface area contributed by atoms with E-state index in [1.165, 1.54) is 54.1 Å². The van der Waals surface area contributed by atoms with Gasteiger partial charge in [-0.2, -0.15) is 0 Å². The van der Waals surface area contributed by atoms with Crippen LogP contribution in [0.4, 0.5) is 0 Å². The largest absolute Gasteiger partial charge is 0.489 e. The van der Waals surface area contributed by atoms with Crippen molar-refractivity contribution >= 4 is 11.6 Å². The lowest BCUT2D eigenvalue weighted by atomic mass is 9.85. The van der Waals surface area contributed by atoms with E-state index in [9.17, 15) is 14.7 Å². The highest BCUT2D eigenvalue weighted by molar-refractivity contribution is 6.23. The number of hydrogen-bond donors (Lipinski definition) is 1. The Kier molecular flexibility index (Phi) is 20.8. The van der Waals surface area contributed by atoms with Crippen LogP contribution in [0.25, 0.3) is 0 Å². The van der Waals surface area contributed by atoms with Crippen molar-refractivity contribution in [3.8, 4) is 0 Å². The lowest BCUT2D eigenvalue weighted by molar-refractivity contribution is -0.121. The summed E-state index contributed by atoms with van der Waals surface area (Å²) in [5, 5.41) is 11.0. The van der Waals surface area contributed by atoms with Crippen LogP contribution in [0.1, 0.15) is 152 Å². The number of hydrogen-bond acceptors (Lipinski definition) is 5. The van der Waals surface area contributed by atoms with Gasteiger partial charge in [0.25, 0.3) is 0 Å². The fourth-order valence-electron chi connectivity index (χ4n) is 5.93. The summed E-state index contributed by atoms with van der Waals surface area (Å²) in [6.45, 7) is 18.9. The van der Waals surface area contributed by atoms with Crippen molar-refractivity contribution in [3.05, 3.63) is 92.6 Å². The Morgan fingerprint density at radius 3 is 1.29 bits per heavy atom. The summed E-state index contributed by atoms with van der Waals surface area (Å²) in [5.74, 6) is -0.801. The van der Waals surface area contributed by atoms with Crippen molar-refractivity contribution in [2.24, 2.45) is 0 Å². The molecular formula is C44H68O5. The highest BCUT2D eigenvalue weighted by atomic mass is 16.5. The van der Waals surface area contributed by atoms with E-state index in [-0.39, 0.29) is 23.1 Å². The molecule has 274 valence electrons. The summed E-state index contributed by atoms with van der Waals surface area (Å²) in [6, 6.07) is 0. The number of carbonyl (C=O) groups excluding carboxylic acids is 2. The maximum absolute atomic E-state index is 12.9. The number of aliphatic hydroxyl groups is 1. The first-order valence-electron chi connectivity index (χ1n) is 18.4. The Morgan fingerprint density at radius 2 is 0.918 bits per heavy atom. The lowest BCUT2D eigenvalue weighted by Gasteiger charge is -2.25. The maximum Gasteiger partial charge on any atom is 0.228 e. The lowest BCUT2D eigenvalue weighted by Crippen LogP contribution is -2.28. The maximum atomic E-state index is 12.9. The quantitative estimate of drug-likeness (QED) is 0.0861. The average molecular weight is 677 g/mol. The highest BCUT2D eigenvalue weighted by Gasteiger charge is 2.35. The van der Waals surface area contributed by atoms with E-state index in [4.69, 9.17) is 9.47 Å². The van der Waals surface area contributed by atoms with Gasteiger partial charge in [0.05, 0.1) is 19.8 Å². The second kappa shape index (κ2) is 23.3. The minimum absolute atomic E-state index is 0.0570. The third-order valence-corrected chi connectivity index (χ3v) is 9.40. The summed E-state index contributed by atoms with van der Waals surface area (Å²) < 4.78 is 10.3. The third-order valence-electron chi connectivity index (χ3n) is 9.40. The number of rotatable bonds is 23. The van der Waals surface area contributed by atoms with Gasteiger partial charge in [-0.25, -0.2) is 0 Å². The first kappa shape index (κ1) is 43.8. The number of methoxy groups -OCH3 is 2. The first-order valence-corrected chi connectivity index (χ1v) is 18.4. The molecule has 1 atom stereocenters. The second-order valence-corrected chi connectivity index (χ2v) is 14.6. The Bertz CT molecular complexity index is 1350. The predicted octanol–water partition coefficient (Wildman–Crippen LogP) is 11.9. The zero-order valence-corrected chi connectivity index (χ0v) is 32.9. The van der Waals surface area contributed by atoms with Gasteiger partial charge in [0.2, 0.25) is 23.1 Å².